The Kier molecular flexibility index (Phi) is 7.58. The summed E-state index contributed by atoms with van der Waals surface area (Å²) in [4.78, 5) is 24.3. The molecule has 2 rings (SSSR count). The SMILES string of the molecule is CCOc1c(I)cc(/C=C(/C#N)C(=O)Nc2ccccc2C(C)=O)cc1OC. The number of benzene rings is 2. The Balaban J connectivity index is 2.36. The van der Waals surface area contributed by atoms with Crippen LogP contribution in [-0.2, 0) is 4.79 Å². The molecule has 0 bridgehead atoms. The molecule has 28 heavy (non-hydrogen) atoms. The minimum atomic E-state index is -0.598. The number of Topliss-reactive ketones (excluding diaryl/α,β-unsaturated/α-hetero) is 1. The molecule has 1 amide bonds. The summed E-state index contributed by atoms with van der Waals surface area (Å²) in [6.07, 6.45) is 1.46. The number of para-hydroxylation sites is 1. The van der Waals surface area contributed by atoms with Crippen LogP contribution in [0.1, 0.15) is 29.8 Å². The number of nitrogens with one attached hydrogen (secondary N) is 1. The van der Waals surface area contributed by atoms with Crippen LogP contribution in [0.4, 0.5) is 5.69 Å². The summed E-state index contributed by atoms with van der Waals surface area (Å²) in [5.74, 6) is 0.351. The van der Waals surface area contributed by atoms with Crippen molar-refractivity contribution in [3.05, 3.63) is 56.7 Å². The van der Waals surface area contributed by atoms with Crippen LogP contribution in [0, 0.1) is 14.9 Å². The van der Waals surface area contributed by atoms with Crippen molar-refractivity contribution >= 4 is 46.0 Å². The van der Waals surface area contributed by atoms with Crippen molar-refractivity contribution in [1.82, 2.24) is 0 Å². The van der Waals surface area contributed by atoms with Crippen molar-refractivity contribution in [3.63, 3.8) is 0 Å². The second-order valence-electron chi connectivity index (χ2n) is 5.69. The lowest BCUT2D eigenvalue weighted by Crippen LogP contribution is -2.15. The Labute approximate surface area is 177 Å². The van der Waals surface area contributed by atoms with Gasteiger partial charge in [0, 0.05) is 5.56 Å². The van der Waals surface area contributed by atoms with Crippen molar-refractivity contribution < 1.29 is 19.1 Å². The standard InChI is InChI=1S/C21H19IN2O4/c1-4-28-20-17(22)10-14(11-19(20)27-3)9-15(12-23)21(26)24-18-8-6-5-7-16(18)13(2)25/h5-11H,4H2,1-3H3,(H,24,26)/b15-9-. The second-order valence-corrected chi connectivity index (χ2v) is 6.86. The summed E-state index contributed by atoms with van der Waals surface area (Å²) in [5.41, 5.74) is 1.27. The maximum atomic E-state index is 12.6. The zero-order valence-corrected chi connectivity index (χ0v) is 17.9. The number of rotatable bonds is 7. The first-order valence-electron chi connectivity index (χ1n) is 8.44. The molecule has 2 aromatic carbocycles. The summed E-state index contributed by atoms with van der Waals surface area (Å²) in [6, 6.07) is 12.0. The van der Waals surface area contributed by atoms with E-state index in [0.717, 1.165) is 3.57 Å². The number of hydrogen-bond donors (Lipinski definition) is 1. The lowest BCUT2D eigenvalue weighted by molar-refractivity contribution is -0.112. The van der Waals surface area contributed by atoms with Gasteiger partial charge in [-0.15, -0.1) is 0 Å². The highest BCUT2D eigenvalue weighted by molar-refractivity contribution is 14.1. The van der Waals surface area contributed by atoms with Gasteiger partial charge in [-0.2, -0.15) is 5.26 Å². The highest BCUT2D eigenvalue weighted by Crippen LogP contribution is 2.34. The molecule has 0 spiro atoms. The molecule has 0 aliphatic rings. The summed E-state index contributed by atoms with van der Waals surface area (Å²) in [7, 11) is 1.53. The van der Waals surface area contributed by atoms with Crippen LogP contribution >= 0.6 is 22.6 Å². The summed E-state index contributed by atoms with van der Waals surface area (Å²) in [6.45, 7) is 3.78. The Morgan fingerprint density at radius 2 is 2.00 bits per heavy atom. The zero-order chi connectivity index (χ0) is 20.7. The Morgan fingerprint density at radius 1 is 1.29 bits per heavy atom. The van der Waals surface area contributed by atoms with Gasteiger partial charge in [0.1, 0.15) is 11.6 Å². The van der Waals surface area contributed by atoms with Crippen molar-refractivity contribution in [2.45, 2.75) is 13.8 Å². The van der Waals surface area contributed by atoms with Crippen LogP contribution in [0.25, 0.3) is 6.08 Å². The number of carbonyl (C=O) groups excluding carboxylic acids is 2. The smallest absolute Gasteiger partial charge is 0.266 e. The van der Waals surface area contributed by atoms with Gasteiger partial charge < -0.3 is 14.8 Å². The van der Waals surface area contributed by atoms with E-state index in [1.165, 1.54) is 20.1 Å². The van der Waals surface area contributed by atoms with Crippen LogP contribution in [0.3, 0.4) is 0 Å². The van der Waals surface area contributed by atoms with E-state index in [-0.39, 0.29) is 11.4 Å². The fourth-order valence-electron chi connectivity index (χ4n) is 2.51. The van der Waals surface area contributed by atoms with E-state index in [1.54, 1.807) is 36.4 Å². The van der Waals surface area contributed by atoms with E-state index in [9.17, 15) is 14.9 Å². The van der Waals surface area contributed by atoms with E-state index in [4.69, 9.17) is 9.47 Å². The molecule has 0 radical (unpaired) electrons. The number of anilines is 1. The van der Waals surface area contributed by atoms with Crippen molar-refractivity contribution in [2.75, 3.05) is 19.0 Å². The summed E-state index contributed by atoms with van der Waals surface area (Å²) in [5, 5.41) is 12.1. The number of hydrogen-bond acceptors (Lipinski definition) is 5. The van der Waals surface area contributed by atoms with Crippen molar-refractivity contribution in [2.24, 2.45) is 0 Å². The molecule has 7 heteroatoms. The third kappa shape index (κ3) is 5.10. The van der Waals surface area contributed by atoms with Gasteiger partial charge >= 0.3 is 0 Å². The summed E-state index contributed by atoms with van der Waals surface area (Å²) < 4.78 is 11.7. The fraction of sp³-hybridized carbons (Fsp3) is 0.190. The maximum absolute atomic E-state index is 12.6. The van der Waals surface area contributed by atoms with E-state index < -0.39 is 5.91 Å². The van der Waals surface area contributed by atoms with Crippen molar-refractivity contribution in [1.29, 1.82) is 5.26 Å². The maximum Gasteiger partial charge on any atom is 0.266 e. The predicted octanol–water partition coefficient (Wildman–Crippen LogP) is 4.45. The average molecular weight is 490 g/mol. The molecule has 0 heterocycles. The monoisotopic (exact) mass is 490 g/mol. The fourth-order valence-corrected chi connectivity index (χ4v) is 3.29. The topological polar surface area (TPSA) is 88.4 Å². The molecule has 0 aliphatic heterocycles. The summed E-state index contributed by atoms with van der Waals surface area (Å²) >= 11 is 2.11. The van der Waals surface area contributed by atoms with Gasteiger partial charge in [0.05, 0.1) is 23.0 Å². The van der Waals surface area contributed by atoms with Crippen LogP contribution in [0.5, 0.6) is 11.5 Å². The largest absolute Gasteiger partial charge is 0.493 e. The van der Waals surface area contributed by atoms with Gasteiger partial charge in [0.25, 0.3) is 5.91 Å². The number of ketones is 1. The first kappa shape index (κ1) is 21.4. The van der Waals surface area contributed by atoms with Crippen LogP contribution in [0.15, 0.2) is 42.0 Å². The number of amides is 1. The number of methoxy groups -OCH3 is 1. The molecule has 0 aliphatic carbocycles. The molecule has 0 unspecified atom stereocenters. The lowest BCUT2D eigenvalue weighted by Gasteiger charge is -2.12. The highest BCUT2D eigenvalue weighted by atomic mass is 127. The molecule has 0 saturated carbocycles. The minimum Gasteiger partial charge on any atom is -0.493 e. The van der Waals surface area contributed by atoms with E-state index in [0.29, 0.717) is 34.9 Å². The van der Waals surface area contributed by atoms with E-state index in [2.05, 4.69) is 27.9 Å². The van der Waals surface area contributed by atoms with Gasteiger partial charge in [0.15, 0.2) is 17.3 Å². The molecular weight excluding hydrogens is 471 g/mol. The number of halogens is 1. The molecule has 0 aromatic heterocycles. The molecule has 0 saturated heterocycles. The number of nitriles is 1. The molecule has 0 fully saturated rings. The molecule has 2 aromatic rings. The van der Waals surface area contributed by atoms with Gasteiger partial charge in [-0.25, -0.2) is 0 Å². The normalized spacial score (nSPS) is 10.8. The lowest BCUT2D eigenvalue weighted by atomic mass is 10.1. The Bertz CT molecular complexity index is 977. The van der Waals surface area contributed by atoms with Crippen molar-refractivity contribution in [3.8, 4) is 17.6 Å². The van der Waals surface area contributed by atoms with Gasteiger partial charge in [-0.1, -0.05) is 12.1 Å². The number of ether oxygens (including phenoxy) is 2. The second kappa shape index (κ2) is 9.90. The van der Waals surface area contributed by atoms with E-state index in [1.807, 2.05) is 13.0 Å². The van der Waals surface area contributed by atoms with Crippen LogP contribution in [0.2, 0.25) is 0 Å². The zero-order valence-electron chi connectivity index (χ0n) is 15.7. The van der Waals surface area contributed by atoms with Gasteiger partial charge in [0.2, 0.25) is 0 Å². The van der Waals surface area contributed by atoms with Crippen LogP contribution < -0.4 is 14.8 Å². The molecular formula is C21H19IN2O4. The number of nitrogens with zero attached hydrogens (tertiary/aromatic N) is 1. The van der Waals surface area contributed by atoms with Crippen LogP contribution in [-0.4, -0.2) is 25.4 Å². The third-order valence-electron chi connectivity index (χ3n) is 3.77. The first-order valence-corrected chi connectivity index (χ1v) is 9.52. The average Bonchev–Trinajstić information content (AvgIpc) is 2.68. The number of carbonyl (C=O) groups is 2. The molecule has 0 atom stereocenters. The van der Waals surface area contributed by atoms with Gasteiger partial charge in [-0.05, 0) is 72.3 Å². The molecule has 6 nitrogen and oxygen atoms in total. The predicted molar refractivity (Wildman–Crippen MR) is 116 cm³/mol. The van der Waals surface area contributed by atoms with Gasteiger partial charge in [-0.3, -0.25) is 9.59 Å². The quantitative estimate of drug-likeness (QED) is 0.268. The third-order valence-corrected chi connectivity index (χ3v) is 4.57. The molecule has 1 N–H and O–H groups in total. The highest BCUT2D eigenvalue weighted by Gasteiger charge is 2.15. The Morgan fingerprint density at radius 3 is 2.61 bits per heavy atom. The first-order chi connectivity index (χ1) is 13.4. The Hall–Kier alpha value is -2.86. The molecule has 144 valence electrons. The van der Waals surface area contributed by atoms with E-state index >= 15 is 0 Å². The minimum absolute atomic E-state index is 0.0969.